The van der Waals surface area contributed by atoms with Gasteiger partial charge in [-0.1, -0.05) is 18.8 Å². The molecule has 0 radical (unpaired) electrons. The highest BCUT2D eigenvalue weighted by Gasteiger charge is 2.33. The standard InChI is InChI=1S/C16H21NO2S/c1-12(14-6-7-14)16(19)17(2)10-15-9-13(11-20-15)5-3-4-8-18/h9,11-12,14,18H,4,6-8,10H2,1-2H3. The minimum atomic E-state index is 0.0975. The maximum atomic E-state index is 12.2. The zero-order chi connectivity index (χ0) is 14.5. The monoisotopic (exact) mass is 291 g/mol. The van der Waals surface area contributed by atoms with Crippen LogP contribution in [0, 0.1) is 23.7 Å². The molecule has 1 heterocycles. The number of rotatable bonds is 5. The van der Waals surface area contributed by atoms with Crippen molar-refractivity contribution in [3.05, 3.63) is 21.9 Å². The van der Waals surface area contributed by atoms with E-state index in [-0.39, 0.29) is 18.4 Å². The summed E-state index contributed by atoms with van der Waals surface area (Å²) in [5.74, 6) is 6.93. The fourth-order valence-electron chi connectivity index (χ4n) is 2.21. The quantitative estimate of drug-likeness (QED) is 0.847. The average molecular weight is 291 g/mol. The highest BCUT2D eigenvalue weighted by molar-refractivity contribution is 7.10. The Labute approximate surface area is 124 Å². The van der Waals surface area contributed by atoms with E-state index in [9.17, 15) is 4.79 Å². The molecular formula is C16H21NO2S. The van der Waals surface area contributed by atoms with Crippen LogP contribution in [0.25, 0.3) is 0 Å². The van der Waals surface area contributed by atoms with Crippen LogP contribution in [0.1, 0.15) is 36.6 Å². The minimum Gasteiger partial charge on any atom is -0.395 e. The summed E-state index contributed by atoms with van der Waals surface area (Å²) >= 11 is 1.63. The molecule has 1 amide bonds. The maximum Gasteiger partial charge on any atom is 0.225 e. The second kappa shape index (κ2) is 6.92. The van der Waals surface area contributed by atoms with Gasteiger partial charge in [0, 0.05) is 35.2 Å². The summed E-state index contributed by atoms with van der Waals surface area (Å²) in [7, 11) is 1.87. The van der Waals surface area contributed by atoms with Crippen molar-refractivity contribution < 1.29 is 9.90 Å². The fourth-order valence-corrected chi connectivity index (χ4v) is 3.08. The van der Waals surface area contributed by atoms with E-state index < -0.39 is 0 Å². The van der Waals surface area contributed by atoms with Crippen molar-refractivity contribution in [3.8, 4) is 11.8 Å². The van der Waals surface area contributed by atoms with Gasteiger partial charge in [0.05, 0.1) is 13.2 Å². The molecule has 1 aromatic heterocycles. The van der Waals surface area contributed by atoms with E-state index >= 15 is 0 Å². The number of amides is 1. The lowest BCUT2D eigenvalue weighted by Gasteiger charge is -2.20. The maximum absolute atomic E-state index is 12.2. The molecule has 1 aromatic rings. The van der Waals surface area contributed by atoms with E-state index in [0.29, 0.717) is 18.9 Å². The second-order valence-electron chi connectivity index (χ2n) is 5.40. The zero-order valence-electron chi connectivity index (χ0n) is 12.1. The molecule has 1 fully saturated rings. The molecule has 0 aliphatic heterocycles. The molecule has 1 aliphatic carbocycles. The second-order valence-corrected chi connectivity index (χ2v) is 6.39. The van der Waals surface area contributed by atoms with Crippen LogP contribution in [0.5, 0.6) is 0 Å². The minimum absolute atomic E-state index is 0.0975. The summed E-state index contributed by atoms with van der Waals surface area (Å²) in [6.45, 7) is 2.79. The number of aliphatic hydroxyl groups excluding tert-OH is 1. The van der Waals surface area contributed by atoms with Crippen LogP contribution in [0.3, 0.4) is 0 Å². The van der Waals surface area contributed by atoms with Crippen LogP contribution in [0.2, 0.25) is 0 Å². The average Bonchev–Trinajstić information content (AvgIpc) is 3.20. The van der Waals surface area contributed by atoms with Gasteiger partial charge in [-0.05, 0) is 24.8 Å². The first-order chi connectivity index (χ1) is 9.61. The number of nitrogens with zero attached hydrogens (tertiary/aromatic N) is 1. The van der Waals surface area contributed by atoms with Crippen molar-refractivity contribution in [2.24, 2.45) is 11.8 Å². The fraction of sp³-hybridized carbons (Fsp3) is 0.562. The van der Waals surface area contributed by atoms with Gasteiger partial charge in [0.1, 0.15) is 0 Å². The van der Waals surface area contributed by atoms with Gasteiger partial charge in [-0.3, -0.25) is 4.79 Å². The molecule has 4 heteroatoms. The molecule has 108 valence electrons. The SMILES string of the molecule is CC(C(=O)N(C)Cc1cc(C#CCCO)cs1)C1CC1. The molecule has 1 saturated carbocycles. The smallest absolute Gasteiger partial charge is 0.225 e. The summed E-state index contributed by atoms with van der Waals surface area (Å²) < 4.78 is 0. The first-order valence-electron chi connectivity index (χ1n) is 7.04. The van der Waals surface area contributed by atoms with Crippen LogP contribution < -0.4 is 0 Å². The predicted molar refractivity (Wildman–Crippen MR) is 81.3 cm³/mol. The van der Waals surface area contributed by atoms with Gasteiger partial charge in [0.2, 0.25) is 5.91 Å². The van der Waals surface area contributed by atoms with Crippen molar-refractivity contribution >= 4 is 17.2 Å². The summed E-state index contributed by atoms with van der Waals surface area (Å²) in [5, 5.41) is 10.7. The van der Waals surface area contributed by atoms with Gasteiger partial charge >= 0.3 is 0 Å². The van der Waals surface area contributed by atoms with Crippen molar-refractivity contribution in [3.63, 3.8) is 0 Å². The Morgan fingerprint density at radius 2 is 2.35 bits per heavy atom. The number of thiophene rings is 1. The van der Waals surface area contributed by atoms with Crippen molar-refractivity contribution in [1.29, 1.82) is 0 Å². The Morgan fingerprint density at radius 1 is 1.60 bits per heavy atom. The Bertz CT molecular complexity index is 522. The topological polar surface area (TPSA) is 40.5 Å². The van der Waals surface area contributed by atoms with Gasteiger partial charge in [0.25, 0.3) is 0 Å². The molecule has 0 saturated heterocycles. The lowest BCUT2D eigenvalue weighted by Crippen LogP contribution is -2.31. The predicted octanol–water partition coefficient (Wildman–Crippen LogP) is 2.49. The first-order valence-corrected chi connectivity index (χ1v) is 7.92. The van der Waals surface area contributed by atoms with Gasteiger partial charge in [-0.2, -0.15) is 0 Å². The molecule has 1 aliphatic rings. The van der Waals surface area contributed by atoms with Gasteiger partial charge < -0.3 is 10.0 Å². The molecule has 0 aromatic carbocycles. The zero-order valence-corrected chi connectivity index (χ0v) is 12.9. The highest BCUT2D eigenvalue weighted by Crippen LogP contribution is 2.37. The summed E-state index contributed by atoms with van der Waals surface area (Å²) in [5.41, 5.74) is 0.967. The van der Waals surface area contributed by atoms with E-state index in [1.54, 1.807) is 11.3 Å². The Hall–Kier alpha value is -1.31. The number of hydrogen-bond acceptors (Lipinski definition) is 3. The number of aliphatic hydroxyl groups is 1. The normalized spacial score (nSPS) is 15.3. The largest absolute Gasteiger partial charge is 0.395 e. The van der Waals surface area contributed by atoms with Crippen LogP contribution in [0.4, 0.5) is 0 Å². The summed E-state index contributed by atoms with van der Waals surface area (Å²) in [6, 6.07) is 2.03. The van der Waals surface area contributed by atoms with Crippen LogP contribution in [-0.4, -0.2) is 29.6 Å². The lowest BCUT2D eigenvalue weighted by atomic mass is 10.1. The number of hydrogen-bond donors (Lipinski definition) is 1. The van der Waals surface area contributed by atoms with Crippen molar-refractivity contribution in [2.45, 2.75) is 32.7 Å². The molecule has 0 bridgehead atoms. The molecule has 3 nitrogen and oxygen atoms in total. The first kappa shape index (κ1) is 15.1. The summed E-state index contributed by atoms with van der Waals surface area (Å²) in [4.78, 5) is 15.2. The van der Waals surface area contributed by atoms with E-state index in [1.165, 1.54) is 12.8 Å². The molecule has 1 atom stereocenters. The third-order valence-electron chi connectivity index (χ3n) is 3.61. The molecule has 1 N–H and O–H groups in total. The third-order valence-corrected chi connectivity index (χ3v) is 4.53. The van der Waals surface area contributed by atoms with Gasteiger partial charge in [0.15, 0.2) is 0 Å². The number of carbonyl (C=O) groups is 1. The van der Waals surface area contributed by atoms with Crippen molar-refractivity contribution in [2.75, 3.05) is 13.7 Å². The third kappa shape index (κ3) is 4.09. The van der Waals surface area contributed by atoms with Crippen molar-refractivity contribution in [1.82, 2.24) is 4.90 Å². The number of carbonyl (C=O) groups excluding carboxylic acids is 1. The van der Waals surface area contributed by atoms with Gasteiger partial charge in [-0.15, -0.1) is 11.3 Å². The van der Waals surface area contributed by atoms with Crippen LogP contribution >= 0.6 is 11.3 Å². The molecule has 20 heavy (non-hydrogen) atoms. The Kier molecular flexibility index (Phi) is 5.22. The van der Waals surface area contributed by atoms with Crippen LogP contribution in [-0.2, 0) is 11.3 Å². The molecule has 2 rings (SSSR count). The molecule has 0 spiro atoms. The van der Waals surface area contributed by atoms with E-state index in [0.717, 1.165) is 10.4 Å². The molecular weight excluding hydrogens is 270 g/mol. The summed E-state index contributed by atoms with van der Waals surface area (Å²) in [6.07, 6.45) is 2.90. The van der Waals surface area contributed by atoms with E-state index in [4.69, 9.17) is 5.11 Å². The Balaban J connectivity index is 1.89. The lowest BCUT2D eigenvalue weighted by molar-refractivity contribution is -0.134. The van der Waals surface area contributed by atoms with E-state index in [2.05, 4.69) is 11.8 Å². The van der Waals surface area contributed by atoms with Crippen LogP contribution in [0.15, 0.2) is 11.4 Å². The molecule has 1 unspecified atom stereocenters. The van der Waals surface area contributed by atoms with Gasteiger partial charge in [-0.25, -0.2) is 0 Å². The Morgan fingerprint density at radius 3 is 3.00 bits per heavy atom. The highest BCUT2D eigenvalue weighted by atomic mass is 32.1. The van der Waals surface area contributed by atoms with E-state index in [1.807, 2.05) is 30.3 Å².